The van der Waals surface area contributed by atoms with E-state index < -0.39 is 0 Å². The first kappa shape index (κ1) is 18.2. The van der Waals surface area contributed by atoms with E-state index in [2.05, 4.69) is 71.1 Å². The van der Waals surface area contributed by atoms with Crippen LogP contribution in [0.1, 0.15) is 65.1 Å². The Morgan fingerprint density at radius 1 is 1.10 bits per heavy atom. The van der Waals surface area contributed by atoms with E-state index in [-0.39, 0.29) is 11.6 Å². The van der Waals surface area contributed by atoms with Gasteiger partial charge in [0.05, 0.1) is 18.2 Å². The highest BCUT2D eigenvalue weighted by molar-refractivity contribution is 5.25. The Hall–Kier alpha value is -0.860. The van der Waals surface area contributed by atoms with Crippen LogP contribution in [-0.4, -0.2) is 18.8 Å². The van der Waals surface area contributed by atoms with E-state index in [0.717, 1.165) is 19.4 Å². The van der Waals surface area contributed by atoms with E-state index in [1.807, 2.05) is 0 Å². The Bertz CT molecular complexity index is 389. The van der Waals surface area contributed by atoms with Gasteiger partial charge in [0, 0.05) is 0 Å². The van der Waals surface area contributed by atoms with Crippen LogP contribution in [0.2, 0.25) is 0 Å². The Morgan fingerprint density at radius 2 is 1.71 bits per heavy atom. The normalized spacial score (nSPS) is 13.7. The summed E-state index contributed by atoms with van der Waals surface area (Å²) in [5.74, 6) is 0.703. The van der Waals surface area contributed by atoms with Crippen LogP contribution >= 0.6 is 0 Å². The van der Waals surface area contributed by atoms with Crippen LogP contribution in [0, 0.1) is 5.92 Å². The average molecular weight is 291 g/mol. The van der Waals surface area contributed by atoms with Crippen LogP contribution in [-0.2, 0) is 11.2 Å². The maximum atomic E-state index is 5.98. The second kappa shape index (κ2) is 8.55. The third-order valence-corrected chi connectivity index (χ3v) is 3.35. The molecule has 1 aromatic rings. The van der Waals surface area contributed by atoms with Crippen LogP contribution in [0.4, 0.5) is 0 Å². The average Bonchev–Trinajstić information content (AvgIpc) is 2.38. The van der Waals surface area contributed by atoms with Gasteiger partial charge in [0.1, 0.15) is 0 Å². The summed E-state index contributed by atoms with van der Waals surface area (Å²) < 4.78 is 5.98. The Morgan fingerprint density at radius 3 is 2.19 bits per heavy atom. The van der Waals surface area contributed by atoms with Crippen molar-refractivity contribution in [1.29, 1.82) is 0 Å². The number of hydrogen-bond donors (Lipinski definition) is 1. The number of hydrogen-bond acceptors (Lipinski definition) is 2. The molecule has 0 saturated heterocycles. The highest BCUT2D eigenvalue weighted by Gasteiger charge is 2.16. The molecule has 2 heteroatoms. The molecule has 1 atom stereocenters. The molecule has 0 aromatic heterocycles. The molecule has 0 aliphatic carbocycles. The maximum Gasteiger partial charge on any atom is 0.0668 e. The van der Waals surface area contributed by atoms with E-state index in [1.165, 1.54) is 11.1 Å². The molecular formula is C19H33NO. The molecule has 2 nitrogen and oxygen atoms in total. The lowest BCUT2D eigenvalue weighted by atomic mass is 9.99. The summed E-state index contributed by atoms with van der Waals surface area (Å²) in [5, 5.41) is 3.59. The van der Waals surface area contributed by atoms with E-state index in [9.17, 15) is 0 Å². The SMILES string of the molecule is CCCNC(COC(C)(C)C)c1ccc(CC(C)C)cc1. The molecule has 0 fully saturated rings. The first-order chi connectivity index (χ1) is 9.81. The van der Waals surface area contributed by atoms with Crippen molar-refractivity contribution < 1.29 is 4.74 Å². The summed E-state index contributed by atoms with van der Waals surface area (Å²) in [4.78, 5) is 0. The van der Waals surface area contributed by atoms with Crippen LogP contribution in [0.5, 0.6) is 0 Å². The summed E-state index contributed by atoms with van der Waals surface area (Å²) in [5.41, 5.74) is 2.64. The third kappa shape index (κ3) is 7.63. The molecule has 1 rings (SSSR count). The van der Waals surface area contributed by atoms with Crippen molar-refractivity contribution >= 4 is 0 Å². The van der Waals surface area contributed by atoms with Gasteiger partial charge in [0.25, 0.3) is 0 Å². The van der Waals surface area contributed by atoms with Crippen molar-refractivity contribution in [2.24, 2.45) is 5.92 Å². The van der Waals surface area contributed by atoms with Gasteiger partial charge in [-0.05, 0) is 57.2 Å². The topological polar surface area (TPSA) is 21.3 Å². The first-order valence-corrected chi connectivity index (χ1v) is 8.28. The van der Waals surface area contributed by atoms with E-state index in [0.29, 0.717) is 12.5 Å². The lowest BCUT2D eigenvalue weighted by Gasteiger charge is -2.25. The fraction of sp³-hybridized carbons (Fsp3) is 0.684. The van der Waals surface area contributed by atoms with Crippen molar-refractivity contribution in [2.75, 3.05) is 13.2 Å². The summed E-state index contributed by atoms with van der Waals surface area (Å²) in [6.45, 7) is 14.8. The third-order valence-electron chi connectivity index (χ3n) is 3.35. The number of benzene rings is 1. The quantitative estimate of drug-likeness (QED) is 0.747. The molecule has 0 aliphatic heterocycles. The van der Waals surface area contributed by atoms with Gasteiger partial charge in [-0.1, -0.05) is 45.0 Å². The second-order valence-electron chi connectivity index (χ2n) is 7.27. The van der Waals surface area contributed by atoms with Crippen molar-refractivity contribution in [3.63, 3.8) is 0 Å². The van der Waals surface area contributed by atoms with Gasteiger partial charge >= 0.3 is 0 Å². The summed E-state index contributed by atoms with van der Waals surface area (Å²) in [6.07, 6.45) is 2.28. The molecule has 1 N–H and O–H groups in total. The zero-order chi connectivity index (χ0) is 15.9. The first-order valence-electron chi connectivity index (χ1n) is 8.28. The second-order valence-corrected chi connectivity index (χ2v) is 7.27. The molecule has 21 heavy (non-hydrogen) atoms. The van der Waals surface area contributed by atoms with Crippen LogP contribution in [0.15, 0.2) is 24.3 Å². The summed E-state index contributed by atoms with van der Waals surface area (Å²) in [7, 11) is 0. The van der Waals surface area contributed by atoms with Gasteiger partial charge < -0.3 is 10.1 Å². The van der Waals surface area contributed by atoms with E-state index >= 15 is 0 Å². The van der Waals surface area contributed by atoms with E-state index in [1.54, 1.807) is 0 Å². The molecule has 0 saturated carbocycles. The fourth-order valence-electron chi connectivity index (χ4n) is 2.28. The van der Waals surface area contributed by atoms with Crippen molar-refractivity contribution in [3.05, 3.63) is 35.4 Å². The van der Waals surface area contributed by atoms with Gasteiger partial charge in [-0.25, -0.2) is 0 Å². The molecule has 1 unspecified atom stereocenters. The highest BCUT2D eigenvalue weighted by atomic mass is 16.5. The predicted molar refractivity (Wildman–Crippen MR) is 91.7 cm³/mol. The number of rotatable bonds is 8. The molecule has 120 valence electrons. The summed E-state index contributed by atoms with van der Waals surface area (Å²) in [6, 6.07) is 9.28. The maximum absolute atomic E-state index is 5.98. The zero-order valence-electron chi connectivity index (χ0n) is 14.7. The van der Waals surface area contributed by atoms with Crippen molar-refractivity contribution in [3.8, 4) is 0 Å². The largest absolute Gasteiger partial charge is 0.374 e. The van der Waals surface area contributed by atoms with Crippen LogP contribution in [0.3, 0.4) is 0 Å². The standard InChI is InChI=1S/C19H33NO/c1-7-12-20-18(14-21-19(4,5)6)17-10-8-16(9-11-17)13-15(2)3/h8-11,15,18,20H,7,12-14H2,1-6H3. The van der Waals surface area contributed by atoms with Crippen LogP contribution < -0.4 is 5.32 Å². The van der Waals surface area contributed by atoms with E-state index in [4.69, 9.17) is 4.74 Å². The monoisotopic (exact) mass is 291 g/mol. The van der Waals surface area contributed by atoms with Crippen molar-refractivity contribution in [2.45, 2.75) is 66.0 Å². The molecule has 0 radical (unpaired) electrons. The number of nitrogens with one attached hydrogen (secondary N) is 1. The molecule has 0 amide bonds. The van der Waals surface area contributed by atoms with Gasteiger partial charge in [0.15, 0.2) is 0 Å². The number of ether oxygens (including phenoxy) is 1. The zero-order valence-corrected chi connectivity index (χ0v) is 14.7. The molecular weight excluding hydrogens is 258 g/mol. The molecule has 0 spiro atoms. The molecule has 0 bridgehead atoms. The Balaban J connectivity index is 2.72. The summed E-state index contributed by atoms with van der Waals surface area (Å²) >= 11 is 0. The lowest BCUT2D eigenvalue weighted by molar-refractivity contribution is -0.0147. The minimum atomic E-state index is -0.0935. The Kier molecular flexibility index (Phi) is 7.41. The lowest BCUT2D eigenvalue weighted by Crippen LogP contribution is -2.30. The minimum absolute atomic E-state index is 0.0935. The molecule has 1 aromatic carbocycles. The molecule has 0 aliphatic rings. The van der Waals surface area contributed by atoms with Gasteiger partial charge in [-0.2, -0.15) is 0 Å². The highest BCUT2D eigenvalue weighted by Crippen LogP contribution is 2.19. The van der Waals surface area contributed by atoms with Gasteiger partial charge in [-0.15, -0.1) is 0 Å². The van der Waals surface area contributed by atoms with Gasteiger partial charge in [-0.3, -0.25) is 0 Å². The predicted octanol–water partition coefficient (Wildman–Crippen LogP) is 4.74. The minimum Gasteiger partial charge on any atom is -0.374 e. The van der Waals surface area contributed by atoms with Crippen LogP contribution in [0.25, 0.3) is 0 Å². The smallest absolute Gasteiger partial charge is 0.0668 e. The fourth-order valence-corrected chi connectivity index (χ4v) is 2.28. The molecule has 0 heterocycles. The van der Waals surface area contributed by atoms with Crippen molar-refractivity contribution in [1.82, 2.24) is 5.32 Å². The van der Waals surface area contributed by atoms with Gasteiger partial charge in [0.2, 0.25) is 0 Å². The Labute approximate surface area is 131 Å².